The number of aryl methyl sites for hydroxylation is 2. The van der Waals surface area contributed by atoms with Gasteiger partial charge in [-0.25, -0.2) is 0 Å². The van der Waals surface area contributed by atoms with Crippen molar-refractivity contribution < 1.29 is 4.79 Å². The summed E-state index contributed by atoms with van der Waals surface area (Å²) in [5.41, 5.74) is 4.93. The predicted octanol–water partition coefficient (Wildman–Crippen LogP) is 4.81. The van der Waals surface area contributed by atoms with Crippen molar-refractivity contribution in [1.29, 1.82) is 0 Å². The van der Waals surface area contributed by atoms with Crippen molar-refractivity contribution in [2.75, 3.05) is 0 Å². The lowest BCUT2D eigenvalue weighted by molar-refractivity contribution is -0.115. The Balaban J connectivity index is 2.27. The molecule has 0 aliphatic heterocycles. The average Bonchev–Trinajstić information content (AvgIpc) is 2.51. The van der Waals surface area contributed by atoms with Gasteiger partial charge in [-0.2, -0.15) is 0 Å². The number of carbonyl (C=O) groups excluding carboxylic acids is 1. The number of allylic oxidation sites excluding steroid dienone is 4. The monoisotopic (exact) mass is 268 g/mol. The van der Waals surface area contributed by atoms with E-state index in [2.05, 4.69) is 30.3 Å². The lowest BCUT2D eigenvalue weighted by Gasteiger charge is -2.10. The zero-order chi connectivity index (χ0) is 14.4. The second kappa shape index (κ2) is 7.23. The van der Waals surface area contributed by atoms with Gasteiger partial charge in [0.25, 0.3) is 0 Å². The summed E-state index contributed by atoms with van der Waals surface area (Å²) in [5, 5.41) is 0. The van der Waals surface area contributed by atoms with E-state index >= 15 is 0 Å². The van der Waals surface area contributed by atoms with Crippen LogP contribution in [0.1, 0.15) is 50.7 Å². The lowest BCUT2D eigenvalue weighted by Crippen LogP contribution is -2.07. The molecular weight excluding hydrogens is 244 g/mol. The van der Waals surface area contributed by atoms with E-state index in [1.54, 1.807) is 0 Å². The van der Waals surface area contributed by atoms with E-state index in [9.17, 15) is 4.79 Å². The minimum atomic E-state index is 0.289. The molecule has 0 N–H and O–H groups in total. The molecule has 0 unspecified atom stereocenters. The van der Waals surface area contributed by atoms with Gasteiger partial charge in [-0.1, -0.05) is 36.4 Å². The Morgan fingerprint density at radius 3 is 2.15 bits per heavy atom. The van der Waals surface area contributed by atoms with Crippen LogP contribution in [-0.2, 0) is 17.6 Å². The summed E-state index contributed by atoms with van der Waals surface area (Å²) in [6.07, 6.45) is 10.1. The number of benzene rings is 1. The normalized spacial score (nSPS) is 21.6. The first kappa shape index (κ1) is 14.8. The van der Waals surface area contributed by atoms with Gasteiger partial charge >= 0.3 is 0 Å². The fourth-order valence-electron chi connectivity index (χ4n) is 3.02. The third kappa shape index (κ3) is 3.47. The van der Waals surface area contributed by atoms with Crippen LogP contribution in [0, 0.1) is 0 Å². The standard InChI is InChI=1S/C19H24O/c1-3-15-9-5-6-10-16-11-7-8-12-17(16)13-14-19(20)18(15)4-2/h3-4,7-8,11-12H,5-6,9-10,13-14H2,1-2H3. The van der Waals surface area contributed by atoms with Gasteiger partial charge in [0.2, 0.25) is 0 Å². The number of hydrogen-bond donors (Lipinski definition) is 0. The zero-order valence-corrected chi connectivity index (χ0v) is 12.6. The summed E-state index contributed by atoms with van der Waals surface area (Å²) < 4.78 is 0. The van der Waals surface area contributed by atoms with E-state index in [1.807, 2.05) is 19.9 Å². The molecule has 0 bridgehead atoms. The number of rotatable bonds is 0. The maximum Gasteiger partial charge on any atom is 0.163 e. The van der Waals surface area contributed by atoms with Crippen molar-refractivity contribution in [1.82, 2.24) is 0 Å². The number of fused-ring (bicyclic) bond motifs is 1. The van der Waals surface area contributed by atoms with Crippen molar-refractivity contribution >= 4 is 5.78 Å². The molecule has 20 heavy (non-hydrogen) atoms. The molecule has 2 rings (SSSR count). The highest BCUT2D eigenvalue weighted by molar-refractivity contribution is 5.99. The van der Waals surface area contributed by atoms with E-state index in [4.69, 9.17) is 0 Å². The van der Waals surface area contributed by atoms with E-state index in [0.717, 1.165) is 31.3 Å². The predicted molar refractivity (Wildman–Crippen MR) is 84.8 cm³/mol. The first-order valence-electron chi connectivity index (χ1n) is 7.68. The second-order valence-corrected chi connectivity index (χ2v) is 5.42. The molecule has 0 heterocycles. The van der Waals surface area contributed by atoms with E-state index in [-0.39, 0.29) is 5.78 Å². The Morgan fingerprint density at radius 2 is 1.50 bits per heavy atom. The molecule has 1 aromatic rings. The molecule has 0 saturated heterocycles. The number of hydrogen-bond acceptors (Lipinski definition) is 1. The van der Waals surface area contributed by atoms with Crippen LogP contribution in [0.5, 0.6) is 0 Å². The summed E-state index contributed by atoms with van der Waals surface area (Å²) >= 11 is 0. The molecule has 0 fully saturated rings. The molecule has 0 aromatic heterocycles. The molecule has 0 atom stereocenters. The maximum atomic E-state index is 12.4. The van der Waals surface area contributed by atoms with Gasteiger partial charge in [0.05, 0.1) is 0 Å². The fourth-order valence-corrected chi connectivity index (χ4v) is 3.02. The molecular formula is C19H24O. The third-order valence-corrected chi connectivity index (χ3v) is 4.17. The van der Waals surface area contributed by atoms with Gasteiger partial charge in [-0.05, 0) is 62.7 Å². The van der Waals surface area contributed by atoms with E-state index in [0.29, 0.717) is 6.42 Å². The second-order valence-electron chi connectivity index (χ2n) is 5.42. The van der Waals surface area contributed by atoms with Crippen LogP contribution < -0.4 is 0 Å². The van der Waals surface area contributed by atoms with Gasteiger partial charge < -0.3 is 0 Å². The van der Waals surface area contributed by atoms with Crippen molar-refractivity contribution in [3.8, 4) is 0 Å². The first-order valence-corrected chi connectivity index (χ1v) is 7.68. The smallest absolute Gasteiger partial charge is 0.163 e. The molecule has 1 aliphatic rings. The van der Waals surface area contributed by atoms with Crippen LogP contribution in [0.15, 0.2) is 47.6 Å². The summed E-state index contributed by atoms with van der Waals surface area (Å²) in [4.78, 5) is 12.4. The highest BCUT2D eigenvalue weighted by Gasteiger charge is 2.15. The van der Waals surface area contributed by atoms with Gasteiger partial charge in [-0.3, -0.25) is 4.79 Å². The summed E-state index contributed by atoms with van der Waals surface area (Å²) in [6, 6.07) is 8.57. The molecule has 1 nitrogen and oxygen atoms in total. The van der Waals surface area contributed by atoms with Crippen LogP contribution in [0.3, 0.4) is 0 Å². The molecule has 0 saturated carbocycles. The Labute approximate surface area is 122 Å². The van der Waals surface area contributed by atoms with Gasteiger partial charge in [-0.15, -0.1) is 0 Å². The minimum Gasteiger partial charge on any atom is -0.294 e. The minimum absolute atomic E-state index is 0.289. The van der Waals surface area contributed by atoms with Crippen molar-refractivity contribution in [3.63, 3.8) is 0 Å². The number of Topliss-reactive ketones (excluding diaryl/α,β-unsaturated/α-hetero) is 1. The summed E-state index contributed by atoms with van der Waals surface area (Å²) in [6.45, 7) is 4.02. The molecule has 106 valence electrons. The topological polar surface area (TPSA) is 17.1 Å². The Hall–Kier alpha value is -1.63. The van der Waals surface area contributed by atoms with Crippen LogP contribution in [0.25, 0.3) is 0 Å². The van der Waals surface area contributed by atoms with Crippen LogP contribution >= 0.6 is 0 Å². The first-order chi connectivity index (χ1) is 9.76. The van der Waals surface area contributed by atoms with Gasteiger partial charge in [0.15, 0.2) is 5.78 Å². The van der Waals surface area contributed by atoms with E-state index in [1.165, 1.54) is 23.1 Å². The highest BCUT2D eigenvalue weighted by atomic mass is 16.1. The summed E-state index contributed by atoms with van der Waals surface area (Å²) in [5.74, 6) is 0.289. The van der Waals surface area contributed by atoms with Crippen LogP contribution in [-0.4, -0.2) is 5.78 Å². The van der Waals surface area contributed by atoms with Crippen molar-refractivity contribution in [2.45, 2.75) is 52.4 Å². The molecule has 0 radical (unpaired) electrons. The molecule has 1 aromatic carbocycles. The number of ketones is 1. The quantitative estimate of drug-likeness (QED) is 0.617. The highest BCUT2D eigenvalue weighted by Crippen LogP contribution is 2.24. The fraction of sp³-hybridized carbons (Fsp3) is 0.421. The Kier molecular flexibility index (Phi) is 5.34. The van der Waals surface area contributed by atoms with Crippen LogP contribution in [0.4, 0.5) is 0 Å². The Morgan fingerprint density at radius 1 is 0.850 bits per heavy atom. The molecule has 0 spiro atoms. The SMILES string of the molecule is CC=C1CCCCc2ccccc2CCC(=O)C1=CC. The lowest BCUT2D eigenvalue weighted by atomic mass is 9.94. The van der Waals surface area contributed by atoms with Crippen molar-refractivity contribution in [3.05, 3.63) is 58.7 Å². The third-order valence-electron chi connectivity index (χ3n) is 4.17. The van der Waals surface area contributed by atoms with E-state index < -0.39 is 0 Å². The molecule has 1 heteroatoms. The van der Waals surface area contributed by atoms with Crippen molar-refractivity contribution in [2.24, 2.45) is 0 Å². The summed E-state index contributed by atoms with van der Waals surface area (Å²) in [7, 11) is 0. The number of carbonyl (C=O) groups is 1. The molecule has 1 aliphatic carbocycles. The molecule has 0 amide bonds. The van der Waals surface area contributed by atoms with Crippen LogP contribution in [0.2, 0.25) is 0 Å². The maximum absolute atomic E-state index is 12.4. The van der Waals surface area contributed by atoms with Gasteiger partial charge in [0, 0.05) is 12.0 Å². The zero-order valence-electron chi connectivity index (χ0n) is 12.6. The van der Waals surface area contributed by atoms with Gasteiger partial charge in [0.1, 0.15) is 0 Å². The average molecular weight is 268 g/mol. The largest absolute Gasteiger partial charge is 0.294 e. The Bertz CT molecular complexity index is 534.